The highest BCUT2D eigenvalue weighted by Gasteiger charge is 2.35. The standard InChI is InChI=1S/C22H24F3N3OS/c1-13-10-14(2)26-21-19(13)18(12-30-21)27-20(29)15-6-8-28(9-7-15)17-5-3-4-16(11-17)22(23,24)25/h5,10-12,15H,3-4,6-9H2,1-2H3,(H,27,29). The number of anilines is 1. The number of rotatable bonds is 3. The number of carbonyl (C=O) groups is 1. The quantitative estimate of drug-likeness (QED) is 0.670. The number of allylic oxidation sites excluding steroid dienone is 3. The van der Waals surface area contributed by atoms with Gasteiger partial charge in [-0.2, -0.15) is 13.2 Å². The molecule has 0 saturated carbocycles. The molecular formula is C22H24F3N3OS. The molecule has 4 nitrogen and oxygen atoms in total. The van der Waals surface area contributed by atoms with Gasteiger partial charge in [0.25, 0.3) is 0 Å². The zero-order valence-electron chi connectivity index (χ0n) is 17.0. The number of fused-ring (bicyclic) bond motifs is 1. The van der Waals surface area contributed by atoms with E-state index in [9.17, 15) is 18.0 Å². The van der Waals surface area contributed by atoms with Crippen LogP contribution in [0.1, 0.15) is 36.9 Å². The molecule has 1 aliphatic heterocycles. The molecule has 30 heavy (non-hydrogen) atoms. The number of carbonyl (C=O) groups excluding carboxylic acids is 1. The number of halogens is 3. The highest BCUT2D eigenvalue weighted by molar-refractivity contribution is 7.17. The molecule has 0 bridgehead atoms. The topological polar surface area (TPSA) is 45.2 Å². The van der Waals surface area contributed by atoms with Gasteiger partial charge in [-0.15, -0.1) is 11.3 Å². The second kappa shape index (κ2) is 8.06. The van der Waals surface area contributed by atoms with E-state index in [-0.39, 0.29) is 18.2 Å². The minimum absolute atomic E-state index is 0.0292. The van der Waals surface area contributed by atoms with E-state index in [4.69, 9.17) is 0 Å². The molecule has 0 spiro atoms. The van der Waals surface area contributed by atoms with Crippen LogP contribution in [-0.4, -0.2) is 35.1 Å². The minimum atomic E-state index is -4.27. The molecule has 2 aliphatic rings. The van der Waals surface area contributed by atoms with Crippen LogP contribution >= 0.6 is 11.3 Å². The summed E-state index contributed by atoms with van der Waals surface area (Å²) in [4.78, 5) is 20.2. The van der Waals surface area contributed by atoms with Crippen molar-refractivity contribution in [3.63, 3.8) is 0 Å². The van der Waals surface area contributed by atoms with Gasteiger partial charge >= 0.3 is 6.18 Å². The van der Waals surface area contributed by atoms with Gasteiger partial charge in [-0.3, -0.25) is 4.79 Å². The van der Waals surface area contributed by atoms with Crippen molar-refractivity contribution < 1.29 is 18.0 Å². The van der Waals surface area contributed by atoms with E-state index < -0.39 is 11.7 Å². The third kappa shape index (κ3) is 4.24. The van der Waals surface area contributed by atoms with E-state index in [1.54, 1.807) is 0 Å². The Balaban J connectivity index is 1.40. The lowest BCUT2D eigenvalue weighted by molar-refractivity contribution is -0.121. The van der Waals surface area contributed by atoms with E-state index in [0.29, 0.717) is 38.0 Å². The molecule has 160 valence electrons. The van der Waals surface area contributed by atoms with E-state index in [1.807, 2.05) is 36.3 Å². The van der Waals surface area contributed by atoms with Crippen molar-refractivity contribution in [2.75, 3.05) is 18.4 Å². The summed E-state index contributed by atoms with van der Waals surface area (Å²) >= 11 is 1.51. The minimum Gasteiger partial charge on any atom is -0.372 e. The van der Waals surface area contributed by atoms with Gasteiger partial charge in [0.05, 0.1) is 5.69 Å². The van der Waals surface area contributed by atoms with Gasteiger partial charge in [0.1, 0.15) is 4.83 Å². The largest absolute Gasteiger partial charge is 0.412 e. The van der Waals surface area contributed by atoms with Crippen molar-refractivity contribution in [1.29, 1.82) is 0 Å². The molecule has 1 N–H and O–H groups in total. The summed E-state index contributed by atoms with van der Waals surface area (Å²) in [7, 11) is 0. The number of alkyl halides is 3. The van der Waals surface area contributed by atoms with Crippen molar-refractivity contribution in [2.24, 2.45) is 5.92 Å². The summed E-state index contributed by atoms with van der Waals surface area (Å²) in [6.45, 7) is 5.12. The number of likely N-dealkylation sites (tertiary alicyclic amines) is 1. The molecule has 0 unspecified atom stereocenters. The number of thiophene rings is 1. The van der Waals surface area contributed by atoms with Crippen molar-refractivity contribution in [1.82, 2.24) is 9.88 Å². The number of hydrogen-bond acceptors (Lipinski definition) is 4. The van der Waals surface area contributed by atoms with Crippen molar-refractivity contribution in [3.05, 3.63) is 46.1 Å². The lowest BCUT2D eigenvalue weighted by Crippen LogP contribution is -2.37. The van der Waals surface area contributed by atoms with Gasteiger partial charge in [0.2, 0.25) is 5.91 Å². The number of amides is 1. The highest BCUT2D eigenvalue weighted by atomic mass is 32.1. The normalized spacial score (nSPS) is 18.4. The van der Waals surface area contributed by atoms with Crippen LogP contribution in [0.3, 0.4) is 0 Å². The van der Waals surface area contributed by atoms with E-state index in [1.165, 1.54) is 17.4 Å². The molecule has 1 saturated heterocycles. The number of nitrogens with one attached hydrogen (secondary N) is 1. The molecule has 1 fully saturated rings. The van der Waals surface area contributed by atoms with Crippen LogP contribution in [-0.2, 0) is 4.79 Å². The van der Waals surface area contributed by atoms with Gasteiger partial charge in [-0.25, -0.2) is 4.98 Å². The lowest BCUT2D eigenvalue weighted by Gasteiger charge is -2.35. The summed E-state index contributed by atoms with van der Waals surface area (Å²) in [6.07, 6.45) is 0.539. The smallest absolute Gasteiger partial charge is 0.372 e. The van der Waals surface area contributed by atoms with Crippen LogP contribution in [0.4, 0.5) is 18.9 Å². The zero-order valence-corrected chi connectivity index (χ0v) is 17.8. The maximum atomic E-state index is 13.0. The molecule has 1 amide bonds. The average molecular weight is 436 g/mol. The van der Waals surface area contributed by atoms with Crippen LogP contribution in [0.25, 0.3) is 10.2 Å². The number of nitrogens with zero attached hydrogens (tertiary/aromatic N) is 2. The molecule has 3 heterocycles. The predicted octanol–water partition coefficient (Wildman–Crippen LogP) is 5.73. The Morgan fingerprint density at radius 1 is 1.27 bits per heavy atom. The molecule has 1 aliphatic carbocycles. The van der Waals surface area contributed by atoms with Gasteiger partial charge in [-0.1, -0.05) is 6.08 Å². The second-order valence-corrected chi connectivity index (χ2v) is 8.85. The van der Waals surface area contributed by atoms with Crippen LogP contribution in [0, 0.1) is 19.8 Å². The molecular weight excluding hydrogens is 411 g/mol. The Kier molecular flexibility index (Phi) is 5.61. The SMILES string of the molecule is Cc1cc(C)c2c(NC(=O)C3CCN(C4=CCCC(C(F)(F)F)=C4)CC3)csc2n1. The second-order valence-electron chi connectivity index (χ2n) is 8.00. The molecule has 2 aromatic heterocycles. The van der Waals surface area contributed by atoms with Crippen molar-refractivity contribution >= 4 is 33.1 Å². The summed E-state index contributed by atoms with van der Waals surface area (Å²) in [5.74, 6) is -0.177. The predicted molar refractivity (Wildman–Crippen MR) is 113 cm³/mol. The fourth-order valence-electron chi connectivity index (χ4n) is 4.24. The average Bonchev–Trinajstić information content (AvgIpc) is 3.10. The zero-order chi connectivity index (χ0) is 21.5. The first-order valence-electron chi connectivity index (χ1n) is 10.1. The van der Waals surface area contributed by atoms with Gasteiger partial charge in [-0.05, 0) is 57.2 Å². The third-order valence-corrected chi connectivity index (χ3v) is 6.68. The number of hydrogen-bond donors (Lipinski definition) is 1. The van der Waals surface area contributed by atoms with Crippen molar-refractivity contribution in [3.8, 4) is 0 Å². The number of pyridine rings is 1. The van der Waals surface area contributed by atoms with E-state index >= 15 is 0 Å². The lowest BCUT2D eigenvalue weighted by atomic mass is 9.94. The Morgan fingerprint density at radius 3 is 2.70 bits per heavy atom. The van der Waals surface area contributed by atoms with Crippen LogP contribution in [0.5, 0.6) is 0 Å². The fraction of sp³-hybridized carbons (Fsp3) is 0.455. The molecule has 8 heteroatoms. The highest BCUT2D eigenvalue weighted by Crippen LogP contribution is 2.35. The molecule has 0 atom stereocenters. The molecule has 0 radical (unpaired) electrons. The Labute approximate surface area is 177 Å². The van der Waals surface area contributed by atoms with Crippen LogP contribution in [0.15, 0.2) is 34.9 Å². The van der Waals surface area contributed by atoms with Crippen LogP contribution in [0.2, 0.25) is 0 Å². The molecule has 2 aromatic rings. The third-order valence-electron chi connectivity index (χ3n) is 5.81. The Morgan fingerprint density at radius 2 is 2.00 bits per heavy atom. The molecule has 4 rings (SSSR count). The Bertz CT molecular complexity index is 1030. The van der Waals surface area contributed by atoms with Gasteiger partial charge < -0.3 is 10.2 Å². The summed E-state index contributed by atoms with van der Waals surface area (Å²) in [5, 5.41) is 5.96. The maximum Gasteiger partial charge on any atom is 0.412 e. The number of aryl methyl sites for hydroxylation is 2. The summed E-state index contributed by atoms with van der Waals surface area (Å²) in [5.41, 5.74) is 2.99. The summed E-state index contributed by atoms with van der Waals surface area (Å²) in [6, 6.07) is 2.00. The van der Waals surface area contributed by atoms with E-state index in [0.717, 1.165) is 27.2 Å². The molecule has 0 aromatic carbocycles. The first-order chi connectivity index (χ1) is 14.2. The monoisotopic (exact) mass is 435 g/mol. The van der Waals surface area contributed by atoms with E-state index in [2.05, 4.69) is 10.3 Å². The summed E-state index contributed by atoms with van der Waals surface area (Å²) < 4.78 is 39.1. The van der Waals surface area contributed by atoms with Gasteiger partial charge in [0.15, 0.2) is 0 Å². The fourth-order valence-corrected chi connectivity index (χ4v) is 5.24. The van der Waals surface area contributed by atoms with Crippen molar-refractivity contribution in [2.45, 2.75) is 45.7 Å². The Hall–Kier alpha value is -2.35. The number of aromatic nitrogens is 1. The van der Waals surface area contributed by atoms with Crippen LogP contribution < -0.4 is 5.32 Å². The first-order valence-corrected chi connectivity index (χ1v) is 11.0. The first kappa shape index (κ1) is 20.9. The maximum absolute atomic E-state index is 13.0. The number of piperidine rings is 1. The van der Waals surface area contributed by atoms with Gasteiger partial charge in [0, 0.05) is 46.7 Å².